The van der Waals surface area contributed by atoms with Gasteiger partial charge >= 0.3 is 5.69 Å². The molecule has 0 aliphatic carbocycles. The predicted molar refractivity (Wildman–Crippen MR) is 50.3 cm³/mol. The third-order valence-electron chi connectivity index (χ3n) is 1.78. The highest BCUT2D eigenvalue weighted by Gasteiger charge is 1.95. The number of nitrogens with two attached hydrogens (primary N) is 1. The molecule has 0 fully saturated rings. The number of aryl methyl sites for hydroxylation is 1. The third-order valence-corrected chi connectivity index (χ3v) is 1.78. The van der Waals surface area contributed by atoms with E-state index in [4.69, 9.17) is 5.73 Å². The molecule has 1 heterocycles. The first-order chi connectivity index (χ1) is 6.52. The Kier molecular flexibility index (Phi) is 2.85. The molecule has 1 amide bonds. The second-order valence-corrected chi connectivity index (χ2v) is 2.91. The maximum Gasteiger partial charge on any atom is 0.329 e. The summed E-state index contributed by atoms with van der Waals surface area (Å²) in [5, 5.41) is 0. The van der Waals surface area contributed by atoms with E-state index >= 15 is 0 Å². The normalized spacial score (nSPS) is 11.7. The molecule has 0 unspecified atom stereocenters. The topological polar surface area (TPSA) is 82.4 Å². The zero-order chi connectivity index (χ0) is 10.7. The number of hydrogen-bond acceptors (Lipinski definition) is 3. The van der Waals surface area contributed by atoms with E-state index in [1.54, 1.807) is 26.4 Å². The Morgan fingerprint density at radius 1 is 1.57 bits per heavy atom. The van der Waals surface area contributed by atoms with E-state index in [1.165, 1.54) is 9.13 Å². The monoisotopic (exact) mass is 196 g/mol. The minimum absolute atomic E-state index is 0.110. The maximum absolute atomic E-state index is 11.4. The summed E-state index contributed by atoms with van der Waals surface area (Å²) in [4.78, 5) is 25.7. The van der Waals surface area contributed by atoms with Gasteiger partial charge in [-0.05, 0) is 6.07 Å². The molecular formula is C8H12N4O2. The lowest BCUT2D eigenvalue weighted by Crippen LogP contribution is -2.37. The maximum atomic E-state index is 11.4. The molecule has 1 rings (SSSR count). The average Bonchev–Trinajstić information content (AvgIpc) is 2.13. The van der Waals surface area contributed by atoms with Crippen molar-refractivity contribution < 1.29 is 4.79 Å². The fourth-order valence-electron chi connectivity index (χ4n) is 1.01. The van der Waals surface area contributed by atoms with Gasteiger partial charge < -0.3 is 10.3 Å². The number of primary amides is 1. The van der Waals surface area contributed by atoms with Crippen LogP contribution in [0.15, 0.2) is 22.1 Å². The zero-order valence-corrected chi connectivity index (χ0v) is 8.10. The van der Waals surface area contributed by atoms with E-state index in [0.717, 1.165) is 0 Å². The van der Waals surface area contributed by atoms with Gasteiger partial charge in [-0.25, -0.2) is 4.79 Å². The smallest absolute Gasteiger partial charge is 0.329 e. The lowest BCUT2D eigenvalue weighted by molar-refractivity contribution is -0.116. The van der Waals surface area contributed by atoms with Crippen LogP contribution in [-0.4, -0.2) is 21.6 Å². The largest absolute Gasteiger partial charge is 0.368 e. The van der Waals surface area contributed by atoms with E-state index in [9.17, 15) is 9.59 Å². The minimum atomic E-state index is -0.523. The van der Waals surface area contributed by atoms with Crippen LogP contribution in [0, 0.1) is 0 Å². The Balaban J connectivity index is 3.24. The first-order valence-corrected chi connectivity index (χ1v) is 4.04. The molecule has 0 saturated carbocycles. The quantitative estimate of drug-likeness (QED) is 0.600. The molecule has 6 nitrogen and oxygen atoms in total. The number of nitrogens with zero attached hydrogens (tertiary/aromatic N) is 3. The molecule has 0 atom stereocenters. The molecule has 0 aromatic carbocycles. The van der Waals surface area contributed by atoms with E-state index in [1.807, 2.05) is 0 Å². The molecular weight excluding hydrogens is 184 g/mol. The summed E-state index contributed by atoms with van der Waals surface area (Å²) in [6, 6.07) is 1.64. The molecule has 0 radical (unpaired) electrons. The van der Waals surface area contributed by atoms with E-state index in [0.29, 0.717) is 5.49 Å². The Bertz CT molecular complexity index is 469. The van der Waals surface area contributed by atoms with Crippen LogP contribution in [0.25, 0.3) is 0 Å². The number of carbonyl (C=O) groups is 1. The summed E-state index contributed by atoms with van der Waals surface area (Å²) in [7, 11) is 3.22. The van der Waals surface area contributed by atoms with Crippen LogP contribution in [0.4, 0.5) is 0 Å². The molecule has 76 valence electrons. The lowest BCUT2D eigenvalue weighted by atomic mass is 10.6. The van der Waals surface area contributed by atoms with Crippen molar-refractivity contribution in [2.75, 3.05) is 6.54 Å². The van der Waals surface area contributed by atoms with E-state index < -0.39 is 5.91 Å². The number of amides is 1. The van der Waals surface area contributed by atoms with Gasteiger partial charge in [-0.1, -0.05) is 0 Å². The molecule has 1 aromatic heterocycles. The van der Waals surface area contributed by atoms with Crippen molar-refractivity contribution in [2.45, 2.75) is 0 Å². The molecule has 0 saturated heterocycles. The number of hydrogen-bond donors (Lipinski definition) is 1. The molecule has 0 spiro atoms. The highest BCUT2D eigenvalue weighted by molar-refractivity contribution is 5.75. The van der Waals surface area contributed by atoms with Gasteiger partial charge in [-0.3, -0.25) is 14.4 Å². The van der Waals surface area contributed by atoms with Crippen LogP contribution in [0.5, 0.6) is 0 Å². The SMILES string of the molecule is Cn1ccc(=NCC(N)=O)n(C)c1=O. The first kappa shape index (κ1) is 10.2. The van der Waals surface area contributed by atoms with Crippen molar-refractivity contribution in [3.05, 3.63) is 28.2 Å². The summed E-state index contributed by atoms with van der Waals surface area (Å²) >= 11 is 0. The van der Waals surface area contributed by atoms with Crippen LogP contribution < -0.4 is 16.9 Å². The van der Waals surface area contributed by atoms with Gasteiger partial charge in [-0.15, -0.1) is 0 Å². The van der Waals surface area contributed by atoms with Crippen molar-refractivity contribution >= 4 is 5.91 Å². The zero-order valence-electron chi connectivity index (χ0n) is 8.10. The van der Waals surface area contributed by atoms with Gasteiger partial charge in [0.1, 0.15) is 12.0 Å². The van der Waals surface area contributed by atoms with Gasteiger partial charge in [0.15, 0.2) is 0 Å². The van der Waals surface area contributed by atoms with Gasteiger partial charge in [0.25, 0.3) is 0 Å². The molecule has 2 N–H and O–H groups in total. The van der Waals surface area contributed by atoms with Gasteiger partial charge in [-0.2, -0.15) is 0 Å². The average molecular weight is 196 g/mol. The van der Waals surface area contributed by atoms with Crippen molar-refractivity contribution in [2.24, 2.45) is 24.8 Å². The highest BCUT2D eigenvalue weighted by atomic mass is 16.2. The van der Waals surface area contributed by atoms with E-state index in [-0.39, 0.29) is 12.2 Å². The van der Waals surface area contributed by atoms with Gasteiger partial charge in [0.2, 0.25) is 5.91 Å². The Morgan fingerprint density at radius 3 is 2.79 bits per heavy atom. The summed E-state index contributed by atoms with van der Waals surface area (Å²) in [5.41, 5.74) is 5.17. The molecule has 0 bridgehead atoms. The van der Waals surface area contributed by atoms with Crippen molar-refractivity contribution in [3.63, 3.8) is 0 Å². The number of aromatic nitrogens is 2. The molecule has 1 aromatic rings. The molecule has 0 aliphatic rings. The minimum Gasteiger partial charge on any atom is -0.368 e. The summed E-state index contributed by atoms with van der Waals surface area (Å²) < 4.78 is 2.77. The Labute approximate surface area is 80.3 Å². The standard InChI is InChI=1S/C8H12N4O2/c1-11-4-3-7(10-5-6(9)13)12(2)8(11)14/h3-4H,5H2,1-2H3,(H2,9,13). The number of rotatable bonds is 2. The second kappa shape index (κ2) is 3.91. The summed E-state index contributed by atoms with van der Waals surface area (Å²) in [6.07, 6.45) is 1.59. The van der Waals surface area contributed by atoms with Crippen LogP contribution >= 0.6 is 0 Å². The van der Waals surface area contributed by atoms with Crippen molar-refractivity contribution in [3.8, 4) is 0 Å². The Morgan fingerprint density at radius 2 is 2.21 bits per heavy atom. The predicted octanol–water partition coefficient (Wildman–Crippen LogP) is -1.89. The fraction of sp³-hybridized carbons (Fsp3) is 0.375. The summed E-state index contributed by atoms with van der Waals surface area (Å²) in [6.45, 7) is -0.110. The van der Waals surface area contributed by atoms with E-state index in [2.05, 4.69) is 4.99 Å². The van der Waals surface area contributed by atoms with Gasteiger partial charge in [0.05, 0.1) is 0 Å². The third kappa shape index (κ3) is 2.09. The first-order valence-electron chi connectivity index (χ1n) is 4.04. The van der Waals surface area contributed by atoms with Crippen LogP contribution in [0.1, 0.15) is 0 Å². The highest BCUT2D eigenvalue weighted by Crippen LogP contribution is 1.71. The number of carbonyl (C=O) groups excluding carboxylic acids is 1. The van der Waals surface area contributed by atoms with Crippen LogP contribution in [0.3, 0.4) is 0 Å². The second-order valence-electron chi connectivity index (χ2n) is 2.91. The van der Waals surface area contributed by atoms with Crippen LogP contribution in [-0.2, 0) is 18.9 Å². The van der Waals surface area contributed by atoms with Crippen LogP contribution in [0.2, 0.25) is 0 Å². The molecule has 14 heavy (non-hydrogen) atoms. The Hall–Kier alpha value is -1.85. The fourth-order valence-corrected chi connectivity index (χ4v) is 1.01. The lowest BCUT2D eigenvalue weighted by Gasteiger charge is -2.01. The molecule has 0 aliphatic heterocycles. The van der Waals surface area contributed by atoms with Crippen molar-refractivity contribution in [1.29, 1.82) is 0 Å². The summed E-state index contributed by atoms with van der Waals surface area (Å²) in [5.74, 6) is -0.523. The van der Waals surface area contributed by atoms with Crippen molar-refractivity contribution in [1.82, 2.24) is 9.13 Å². The van der Waals surface area contributed by atoms with Gasteiger partial charge in [0, 0.05) is 20.3 Å². The molecule has 6 heteroatoms.